The van der Waals surface area contributed by atoms with Gasteiger partial charge in [0, 0.05) is 31.7 Å². The molecule has 1 saturated carbocycles. The number of ether oxygens (including phenoxy) is 1. The van der Waals surface area contributed by atoms with Crippen molar-refractivity contribution in [3.63, 3.8) is 0 Å². The Balaban J connectivity index is 1.16. The van der Waals surface area contributed by atoms with Gasteiger partial charge < -0.3 is 20.5 Å². The van der Waals surface area contributed by atoms with Gasteiger partial charge in [-0.1, -0.05) is 24.3 Å². The summed E-state index contributed by atoms with van der Waals surface area (Å²) in [5.74, 6) is 0.193. The standard InChI is InChI=1S/C25H29N3O4/c29-20(16-28-12-9-17-5-1-2-6-19(17)15-28)14-26-23(30)18-7-8-22-21(13-18)27-24(31)25(32-22)10-3-4-11-25/h1-2,5-8,13,20,29H,3-4,9-12,14-16H2,(H,26,30)(H,27,31). The zero-order valence-corrected chi connectivity index (χ0v) is 18.1. The number of β-amino-alcohol motifs (C(OH)–C–C–N with tert-alkyl or cyclic N) is 1. The van der Waals surface area contributed by atoms with E-state index in [1.54, 1.807) is 18.2 Å². The summed E-state index contributed by atoms with van der Waals surface area (Å²) in [7, 11) is 0. The number of carbonyl (C=O) groups excluding carboxylic acids is 2. The van der Waals surface area contributed by atoms with Gasteiger partial charge in [0.05, 0.1) is 11.8 Å². The molecule has 7 nitrogen and oxygen atoms in total. The minimum Gasteiger partial charge on any atom is -0.475 e. The number of nitrogens with zero attached hydrogens (tertiary/aromatic N) is 1. The highest BCUT2D eigenvalue weighted by molar-refractivity contribution is 6.03. The van der Waals surface area contributed by atoms with Gasteiger partial charge in [0.1, 0.15) is 5.75 Å². The fourth-order valence-electron chi connectivity index (χ4n) is 5.01. The first-order chi connectivity index (χ1) is 15.5. The van der Waals surface area contributed by atoms with Crippen LogP contribution in [-0.2, 0) is 17.8 Å². The van der Waals surface area contributed by atoms with Gasteiger partial charge in [-0.3, -0.25) is 14.5 Å². The highest BCUT2D eigenvalue weighted by atomic mass is 16.5. The third-order valence-electron chi connectivity index (χ3n) is 6.80. The van der Waals surface area contributed by atoms with Gasteiger partial charge in [-0.2, -0.15) is 0 Å². The number of benzene rings is 2. The van der Waals surface area contributed by atoms with E-state index < -0.39 is 11.7 Å². The van der Waals surface area contributed by atoms with E-state index in [1.807, 2.05) is 6.07 Å². The Morgan fingerprint density at radius 3 is 2.78 bits per heavy atom. The third-order valence-corrected chi connectivity index (χ3v) is 6.80. The predicted octanol–water partition coefficient (Wildman–Crippen LogP) is 2.48. The number of aliphatic hydroxyl groups is 1. The van der Waals surface area contributed by atoms with Crippen molar-refractivity contribution >= 4 is 17.5 Å². The van der Waals surface area contributed by atoms with E-state index in [2.05, 4.69) is 33.7 Å². The molecule has 2 aromatic carbocycles. The van der Waals surface area contributed by atoms with Gasteiger partial charge in [0.15, 0.2) is 5.60 Å². The molecule has 0 radical (unpaired) electrons. The first-order valence-corrected chi connectivity index (χ1v) is 11.4. The Hall–Kier alpha value is -2.90. The SMILES string of the molecule is O=C(NCC(O)CN1CCc2ccccc2C1)c1ccc2c(c1)NC(=O)C1(CCCC1)O2. The van der Waals surface area contributed by atoms with Crippen LogP contribution in [0.4, 0.5) is 5.69 Å². The molecule has 3 N–H and O–H groups in total. The zero-order chi connectivity index (χ0) is 22.1. The lowest BCUT2D eigenvalue weighted by molar-refractivity contribution is -0.131. The molecule has 1 atom stereocenters. The summed E-state index contributed by atoms with van der Waals surface area (Å²) in [4.78, 5) is 27.4. The van der Waals surface area contributed by atoms with Crippen LogP contribution in [0.2, 0.25) is 0 Å². The van der Waals surface area contributed by atoms with Crippen molar-refractivity contribution in [1.82, 2.24) is 10.2 Å². The van der Waals surface area contributed by atoms with Gasteiger partial charge >= 0.3 is 0 Å². The molecule has 2 heterocycles. The Morgan fingerprint density at radius 2 is 1.97 bits per heavy atom. The normalized spacial score (nSPS) is 20.1. The van der Waals surface area contributed by atoms with Crippen LogP contribution in [0.25, 0.3) is 0 Å². The number of aliphatic hydroxyl groups excluding tert-OH is 1. The van der Waals surface area contributed by atoms with Crippen LogP contribution >= 0.6 is 0 Å². The molecule has 168 valence electrons. The first-order valence-electron chi connectivity index (χ1n) is 11.4. The Morgan fingerprint density at radius 1 is 1.19 bits per heavy atom. The molecule has 2 amide bonds. The molecular formula is C25H29N3O4. The number of fused-ring (bicyclic) bond motifs is 2. The van der Waals surface area contributed by atoms with Crippen LogP contribution in [0.5, 0.6) is 5.75 Å². The number of carbonyl (C=O) groups is 2. The summed E-state index contributed by atoms with van der Waals surface area (Å²) in [5.41, 5.74) is 2.86. The van der Waals surface area contributed by atoms with E-state index in [9.17, 15) is 14.7 Å². The van der Waals surface area contributed by atoms with E-state index in [0.717, 1.165) is 45.2 Å². The molecule has 7 heteroatoms. The van der Waals surface area contributed by atoms with Crippen LogP contribution in [0.1, 0.15) is 47.2 Å². The Kier molecular flexibility index (Phi) is 5.61. The maximum Gasteiger partial charge on any atom is 0.268 e. The average molecular weight is 436 g/mol. The van der Waals surface area contributed by atoms with Gasteiger partial charge in [0.2, 0.25) is 0 Å². The Bertz CT molecular complexity index is 1030. The van der Waals surface area contributed by atoms with Gasteiger partial charge in [-0.05, 0) is 61.4 Å². The fourth-order valence-corrected chi connectivity index (χ4v) is 5.01. The molecule has 3 aliphatic rings. The largest absolute Gasteiger partial charge is 0.475 e. The number of anilines is 1. The predicted molar refractivity (Wildman–Crippen MR) is 121 cm³/mol. The molecule has 2 aliphatic heterocycles. The minimum absolute atomic E-state index is 0.126. The third kappa shape index (κ3) is 4.10. The van der Waals surface area contributed by atoms with Crippen molar-refractivity contribution in [2.45, 2.75) is 50.4 Å². The molecule has 1 fully saturated rings. The summed E-state index contributed by atoms with van der Waals surface area (Å²) in [5, 5.41) is 16.2. The van der Waals surface area contributed by atoms with Crippen molar-refractivity contribution in [1.29, 1.82) is 0 Å². The molecule has 2 aromatic rings. The van der Waals surface area contributed by atoms with E-state index in [0.29, 0.717) is 23.5 Å². The molecule has 0 aromatic heterocycles. The lowest BCUT2D eigenvalue weighted by Crippen LogP contribution is -2.48. The number of nitrogens with one attached hydrogen (secondary N) is 2. The van der Waals surface area contributed by atoms with Crippen molar-refractivity contribution < 1.29 is 19.4 Å². The highest BCUT2D eigenvalue weighted by Gasteiger charge is 2.46. The summed E-state index contributed by atoms with van der Waals surface area (Å²) >= 11 is 0. The number of rotatable bonds is 5. The van der Waals surface area contributed by atoms with Crippen molar-refractivity contribution in [3.05, 3.63) is 59.2 Å². The van der Waals surface area contributed by atoms with Crippen molar-refractivity contribution in [2.75, 3.05) is 25.0 Å². The Labute approximate surface area is 187 Å². The van der Waals surface area contributed by atoms with Crippen LogP contribution in [0.15, 0.2) is 42.5 Å². The summed E-state index contributed by atoms with van der Waals surface area (Å²) in [6.45, 7) is 2.38. The summed E-state index contributed by atoms with van der Waals surface area (Å²) in [6, 6.07) is 13.5. The number of hydrogen-bond acceptors (Lipinski definition) is 5. The lowest BCUT2D eigenvalue weighted by atomic mass is 9.98. The summed E-state index contributed by atoms with van der Waals surface area (Å²) < 4.78 is 6.05. The molecule has 1 spiro atoms. The lowest BCUT2D eigenvalue weighted by Gasteiger charge is -2.34. The minimum atomic E-state index is -0.754. The van der Waals surface area contributed by atoms with E-state index in [4.69, 9.17) is 4.74 Å². The van der Waals surface area contributed by atoms with Gasteiger partial charge in [-0.25, -0.2) is 0 Å². The molecular weight excluding hydrogens is 406 g/mol. The zero-order valence-electron chi connectivity index (χ0n) is 18.1. The van der Waals surface area contributed by atoms with Crippen LogP contribution in [0, 0.1) is 0 Å². The second-order valence-corrected chi connectivity index (χ2v) is 9.09. The van der Waals surface area contributed by atoms with Crippen LogP contribution < -0.4 is 15.4 Å². The molecule has 0 saturated heterocycles. The van der Waals surface area contributed by atoms with Crippen molar-refractivity contribution in [3.8, 4) is 5.75 Å². The molecule has 1 unspecified atom stereocenters. The van der Waals surface area contributed by atoms with E-state index in [1.165, 1.54) is 11.1 Å². The second kappa shape index (κ2) is 8.56. The number of hydrogen-bond donors (Lipinski definition) is 3. The van der Waals surface area contributed by atoms with E-state index in [-0.39, 0.29) is 18.4 Å². The highest BCUT2D eigenvalue weighted by Crippen LogP contribution is 2.42. The monoisotopic (exact) mass is 435 g/mol. The fraction of sp³-hybridized carbons (Fsp3) is 0.440. The van der Waals surface area contributed by atoms with Gasteiger partial charge in [-0.15, -0.1) is 0 Å². The first kappa shape index (κ1) is 21.0. The van der Waals surface area contributed by atoms with E-state index >= 15 is 0 Å². The molecule has 5 rings (SSSR count). The quantitative estimate of drug-likeness (QED) is 0.671. The van der Waals surface area contributed by atoms with Crippen LogP contribution in [-0.4, -0.2) is 53.2 Å². The smallest absolute Gasteiger partial charge is 0.268 e. The maximum atomic E-state index is 12.6. The molecule has 32 heavy (non-hydrogen) atoms. The topological polar surface area (TPSA) is 90.9 Å². The average Bonchev–Trinajstić information content (AvgIpc) is 3.27. The second-order valence-electron chi connectivity index (χ2n) is 9.09. The molecule has 0 bridgehead atoms. The number of amides is 2. The molecule has 1 aliphatic carbocycles. The maximum absolute atomic E-state index is 12.6. The van der Waals surface area contributed by atoms with Crippen LogP contribution in [0.3, 0.4) is 0 Å². The van der Waals surface area contributed by atoms with Crippen molar-refractivity contribution in [2.24, 2.45) is 0 Å². The van der Waals surface area contributed by atoms with Gasteiger partial charge in [0.25, 0.3) is 11.8 Å². The summed E-state index contributed by atoms with van der Waals surface area (Å²) in [6.07, 6.45) is 3.72.